The molecular weight excluding hydrogens is 414 g/mol. The van der Waals surface area contributed by atoms with Crippen LogP contribution in [-0.4, -0.2) is 28.3 Å². The average Bonchev–Trinajstić information content (AvgIpc) is 3.17. The third-order valence-corrected chi connectivity index (χ3v) is 5.83. The number of ether oxygens (including phenoxy) is 1. The zero-order chi connectivity index (χ0) is 21.8. The van der Waals surface area contributed by atoms with Gasteiger partial charge in [0.15, 0.2) is 5.16 Å². The number of nitrogens with zero attached hydrogens (tertiary/aromatic N) is 2. The molecule has 0 spiro atoms. The van der Waals surface area contributed by atoms with Crippen molar-refractivity contribution in [2.75, 3.05) is 12.9 Å². The van der Waals surface area contributed by atoms with Crippen molar-refractivity contribution < 1.29 is 13.9 Å². The van der Waals surface area contributed by atoms with Crippen molar-refractivity contribution in [3.05, 3.63) is 64.4 Å². The molecule has 7 nitrogen and oxygen atoms in total. The van der Waals surface area contributed by atoms with Crippen LogP contribution in [0.1, 0.15) is 18.9 Å². The maximum atomic E-state index is 13.0. The van der Waals surface area contributed by atoms with E-state index in [4.69, 9.17) is 14.1 Å². The molecule has 31 heavy (non-hydrogen) atoms. The average molecular weight is 438 g/mol. The Bertz CT molecular complexity index is 1300. The van der Waals surface area contributed by atoms with Crippen LogP contribution in [0.3, 0.4) is 0 Å². The lowest BCUT2D eigenvalue weighted by Crippen LogP contribution is -2.26. The summed E-state index contributed by atoms with van der Waals surface area (Å²) >= 11 is 1.25. The van der Waals surface area contributed by atoms with Gasteiger partial charge in [-0.3, -0.25) is 14.2 Å². The number of carbonyl (C=O) groups is 1. The third-order valence-electron chi connectivity index (χ3n) is 4.85. The Kier molecular flexibility index (Phi) is 6.27. The highest BCUT2D eigenvalue weighted by atomic mass is 32.2. The molecule has 0 aliphatic heterocycles. The zero-order valence-electron chi connectivity index (χ0n) is 17.4. The summed E-state index contributed by atoms with van der Waals surface area (Å²) in [6, 6.07) is 15.0. The fourth-order valence-corrected chi connectivity index (χ4v) is 4.20. The van der Waals surface area contributed by atoms with E-state index in [9.17, 15) is 9.59 Å². The number of furan rings is 1. The first kappa shape index (κ1) is 21.0. The first-order valence-electron chi connectivity index (χ1n) is 10.0. The van der Waals surface area contributed by atoms with Crippen molar-refractivity contribution in [3.8, 4) is 5.75 Å². The molecule has 2 aromatic heterocycles. The molecule has 2 aromatic carbocycles. The first-order chi connectivity index (χ1) is 15.1. The van der Waals surface area contributed by atoms with E-state index in [1.807, 2.05) is 55.5 Å². The van der Waals surface area contributed by atoms with Crippen molar-refractivity contribution in [1.29, 1.82) is 0 Å². The Labute approximate surface area is 183 Å². The Morgan fingerprint density at radius 3 is 2.87 bits per heavy atom. The molecule has 0 aliphatic rings. The minimum Gasteiger partial charge on any atom is -0.497 e. The van der Waals surface area contributed by atoms with E-state index in [1.54, 1.807) is 11.7 Å². The minimum absolute atomic E-state index is 0.137. The number of para-hydroxylation sites is 1. The van der Waals surface area contributed by atoms with Crippen LogP contribution in [0.25, 0.3) is 22.1 Å². The van der Waals surface area contributed by atoms with Gasteiger partial charge >= 0.3 is 0 Å². The van der Waals surface area contributed by atoms with Crippen molar-refractivity contribution in [3.63, 3.8) is 0 Å². The monoisotopic (exact) mass is 437 g/mol. The van der Waals surface area contributed by atoms with Gasteiger partial charge in [0.05, 0.1) is 12.9 Å². The molecule has 2 heterocycles. The molecule has 0 saturated heterocycles. The fraction of sp³-hybridized carbons (Fsp3) is 0.261. The van der Waals surface area contributed by atoms with Crippen LogP contribution in [0.5, 0.6) is 5.75 Å². The quantitative estimate of drug-likeness (QED) is 0.332. The van der Waals surface area contributed by atoms with Gasteiger partial charge in [0.1, 0.15) is 16.8 Å². The fourth-order valence-electron chi connectivity index (χ4n) is 3.35. The number of amides is 1. The summed E-state index contributed by atoms with van der Waals surface area (Å²) < 4.78 is 12.6. The summed E-state index contributed by atoms with van der Waals surface area (Å²) in [5.74, 6) is 0.762. The van der Waals surface area contributed by atoms with Crippen molar-refractivity contribution in [2.24, 2.45) is 0 Å². The first-order valence-corrected chi connectivity index (χ1v) is 11.0. The van der Waals surface area contributed by atoms with Crippen molar-refractivity contribution in [1.82, 2.24) is 14.9 Å². The number of carbonyl (C=O) groups excluding carboxylic acids is 1. The highest BCUT2D eigenvalue weighted by Crippen LogP contribution is 2.27. The predicted octanol–water partition coefficient (Wildman–Crippen LogP) is 3.97. The molecule has 0 bridgehead atoms. The molecule has 1 N–H and O–H groups in total. The van der Waals surface area contributed by atoms with E-state index in [1.165, 1.54) is 11.8 Å². The number of nitrogens with one attached hydrogen (secondary N) is 1. The maximum Gasteiger partial charge on any atom is 0.297 e. The van der Waals surface area contributed by atoms with Crippen LogP contribution < -0.4 is 15.6 Å². The Morgan fingerprint density at radius 2 is 2.06 bits per heavy atom. The molecule has 8 heteroatoms. The molecule has 4 aromatic rings. The summed E-state index contributed by atoms with van der Waals surface area (Å²) in [7, 11) is 1.61. The number of benzene rings is 2. The van der Waals surface area contributed by atoms with E-state index in [-0.39, 0.29) is 22.8 Å². The van der Waals surface area contributed by atoms with Gasteiger partial charge in [0, 0.05) is 18.5 Å². The number of hydrogen-bond donors (Lipinski definition) is 1. The molecule has 0 aliphatic carbocycles. The molecule has 1 amide bonds. The highest BCUT2D eigenvalue weighted by molar-refractivity contribution is 7.99. The normalized spacial score (nSPS) is 11.2. The Hall–Kier alpha value is -3.26. The van der Waals surface area contributed by atoms with Crippen LogP contribution in [0, 0.1) is 0 Å². The Morgan fingerprint density at radius 1 is 1.23 bits per heavy atom. The summed E-state index contributed by atoms with van der Waals surface area (Å²) in [6.45, 7) is 2.90. The number of rotatable bonds is 8. The van der Waals surface area contributed by atoms with Crippen LogP contribution in [0.2, 0.25) is 0 Å². The molecule has 0 fully saturated rings. The van der Waals surface area contributed by atoms with E-state index >= 15 is 0 Å². The van der Waals surface area contributed by atoms with Gasteiger partial charge in [0.2, 0.25) is 11.5 Å². The minimum atomic E-state index is -0.220. The van der Waals surface area contributed by atoms with E-state index in [0.717, 1.165) is 23.1 Å². The number of fused-ring (bicyclic) bond motifs is 3. The summed E-state index contributed by atoms with van der Waals surface area (Å²) in [5.41, 5.74) is 2.14. The lowest BCUT2D eigenvalue weighted by molar-refractivity contribution is -0.118. The van der Waals surface area contributed by atoms with Gasteiger partial charge in [-0.25, -0.2) is 4.98 Å². The van der Waals surface area contributed by atoms with E-state index in [2.05, 4.69) is 5.32 Å². The van der Waals surface area contributed by atoms with Gasteiger partial charge in [-0.15, -0.1) is 0 Å². The summed E-state index contributed by atoms with van der Waals surface area (Å²) in [5, 5.41) is 4.21. The topological polar surface area (TPSA) is 86.4 Å². The second-order valence-corrected chi connectivity index (χ2v) is 7.99. The van der Waals surface area contributed by atoms with Gasteiger partial charge in [0.25, 0.3) is 5.56 Å². The van der Waals surface area contributed by atoms with Gasteiger partial charge < -0.3 is 14.5 Å². The molecule has 0 unspecified atom stereocenters. The molecule has 4 rings (SSSR count). The largest absolute Gasteiger partial charge is 0.497 e. The number of hydrogen-bond acceptors (Lipinski definition) is 6. The molecule has 0 atom stereocenters. The second kappa shape index (κ2) is 9.26. The van der Waals surface area contributed by atoms with Crippen LogP contribution >= 0.6 is 11.8 Å². The van der Waals surface area contributed by atoms with Crippen molar-refractivity contribution >= 4 is 39.7 Å². The predicted molar refractivity (Wildman–Crippen MR) is 122 cm³/mol. The summed E-state index contributed by atoms with van der Waals surface area (Å²) in [6.07, 6.45) is 0.767. The van der Waals surface area contributed by atoms with Gasteiger partial charge in [-0.1, -0.05) is 43.0 Å². The smallest absolute Gasteiger partial charge is 0.297 e. The third kappa shape index (κ3) is 4.44. The molecule has 0 radical (unpaired) electrons. The van der Waals surface area contributed by atoms with Crippen LogP contribution in [0.15, 0.2) is 62.9 Å². The molecule has 0 saturated carbocycles. The lowest BCUT2D eigenvalue weighted by Gasteiger charge is -2.11. The SMILES string of the molecule is CCCn1c(SCC(=O)NCc2cccc(OC)c2)nc2c(oc3ccccc32)c1=O. The number of aromatic nitrogens is 2. The lowest BCUT2D eigenvalue weighted by atomic mass is 10.2. The second-order valence-electron chi connectivity index (χ2n) is 7.04. The maximum absolute atomic E-state index is 13.0. The number of methoxy groups -OCH3 is 1. The van der Waals surface area contributed by atoms with Crippen LogP contribution in [0.4, 0.5) is 0 Å². The highest BCUT2D eigenvalue weighted by Gasteiger charge is 2.18. The molecule has 160 valence electrons. The zero-order valence-corrected chi connectivity index (χ0v) is 18.2. The van der Waals surface area contributed by atoms with Gasteiger partial charge in [-0.2, -0.15) is 0 Å². The Balaban J connectivity index is 1.54. The molecular formula is C23H23N3O4S. The van der Waals surface area contributed by atoms with Gasteiger partial charge in [-0.05, 0) is 36.2 Å². The van der Waals surface area contributed by atoms with E-state index < -0.39 is 0 Å². The van der Waals surface area contributed by atoms with E-state index in [0.29, 0.717) is 29.3 Å². The number of thioether (sulfide) groups is 1. The van der Waals surface area contributed by atoms with Crippen LogP contribution in [-0.2, 0) is 17.9 Å². The van der Waals surface area contributed by atoms with Crippen molar-refractivity contribution in [2.45, 2.75) is 31.6 Å². The standard InChI is InChI=1S/C23H23N3O4S/c1-3-11-26-22(28)21-20(17-9-4-5-10-18(17)30-21)25-23(26)31-14-19(27)24-13-15-7-6-8-16(12-15)29-2/h4-10,12H,3,11,13-14H2,1-2H3,(H,24,27). The summed E-state index contributed by atoms with van der Waals surface area (Å²) in [4.78, 5) is 30.1.